The Balaban J connectivity index is 2.19. The van der Waals surface area contributed by atoms with E-state index in [0.717, 1.165) is 38.4 Å². The molecular weight excluding hydrogens is 282 g/mol. The first-order chi connectivity index (χ1) is 10.6. The zero-order chi connectivity index (χ0) is 16.1. The minimum atomic E-state index is -0.319. The Morgan fingerprint density at radius 1 is 1.18 bits per heavy atom. The fourth-order valence-electron chi connectivity index (χ4n) is 2.99. The second kappa shape index (κ2) is 7.76. The number of hydrogen-bond donors (Lipinski definition) is 2. The maximum Gasteiger partial charge on any atom is 0.223 e. The molecule has 1 aromatic heterocycles. The van der Waals surface area contributed by atoms with Crippen LogP contribution < -0.4 is 5.43 Å². The molecule has 0 spiro atoms. The second-order valence-electron chi connectivity index (χ2n) is 5.88. The van der Waals surface area contributed by atoms with E-state index in [1.54, 1.807) is 0 Å². The highest BCUT2D eigenvalue weighted by atomic mass is 16.3. The van der Waals surface area contributed by atoms with E-state index in [4.69, 9.17) is 5.11 Å². The predicted octanol–water partition coefficient (Wildman–Crippen LogP) is 0.382. The molecule has 2 N–H and O–H groups in total. The molecule has 0 aliphatic carbocycles. The molecule has 1 aliphatic heterocycles. The van der Waals surface area contributed by atoms with E-state index in [1.165, 1.54) is 6.07 Å². The van der Waals surface area contributed by atoms with Crippen molar-refractivity contribution in [1.82, 2.24) is 14.4 Å². The van der Waals surface area contributed by atoms with Gasteiger partial charge in [-0.2, -0.15) is 0 Å². The lowest BCUT2D eigenvalue weighted by atomic mass is 10.2. The Hall–Kier alpha value is -1.37. The van der Waals surface area contributed by atoms with E-state index in [0.29, 0.717) is 25.2 Å². The molecule has 0 unspecified atom stereocenters. The molecule has 2 heterocycles. The summed E-state index contributed by atoms with van der Waals surface area (Å²) in [5.41, 5.74) is 1.18. The average Bonchev–Trinajstić information content (AvgIpc) is 2.52. The van der Waals surface area contributed by atoms with E-state index in [1.807, 2.05) is 11.5 Å². The third-order valence-corrected chi connectivity index (χ3v) is 4.42. The summed E-state index contributed by atoms with van der Waals surface area (Å²) in [6, 6.07) is 1.46. The summed E-state index contributed by atoms with van der Waals surface area (Å²) >= 11 is 0. The Kier molecular flexibility index (Phi) is 5.99. The van der Waals surface area contributed by atoms with E-state index in [-0.39, 0.29) is 17.8 Å². The second-order valence-corrected chi connectivity index (χ2v) is 5.88. The molecule has 124 valence electrons. The van der Waals surface area contributed by atoms with Gasteiger partial charge in [-0.3, -0.25) is 9.69 Å². The first kappa shape index (κ1) is 17.0. The van der Waals surface area contributed by atoms with Crippen LogP contribution in [0.15, 0.2) is 10.9 Å². The third kappa shape index (κ3) is 3.88. The van der Waals surface area contributed by atoms with Gasteiger partial charge in [0.25, 0.3) is 0 Å². The predicted molar refractivity (Wildman–Crippen MR) is 86.2 cm³/mol. The molecule has 1 saturated heterocycles. The third-order valence-electron chi connectivity index (χ3n) is 4.42. The summed E-state index contributed by atoms with van der Waals surface area (Å²) in [4.78, 5) is 16.6. The van der Waals surface area contributed by atoms with Gasteiger partial charge in [0.05, 0.1) is 5.69 Å². The zero-order valence-corrected chi connectivity index (χ0v) is 13.6. The topological polar surface area (TPSA) is 68.9 Å². The van der Waals surface area contributed by atoms with E-state index < -0.39 is 0 Å². The molecule has 22 heavy (non-hydrogen) atoms. The Morgan fingerprint density at radius 2 is 1.82 bits per heavy atom. The molecule has 0 amide bonds. The van der Waals surface area contributed by atoms with Crippen molar-refractivity contribution >= 4 is 0 Å². The van der Waals surface area contributed by atoms with Crippen LogP contribution in [-0.2, 0) is 13.1 Å². The van der Waals surface area contributed by atoms with Crippen molar-refractivity contribution in [2.45, 2.75) is 33.4 Å². The molecule has 0 aromatic carbocycles. The SMILES string of the molecule is CCN1CCN(Cc2c(O)c(=O)cc(C)n2CCCO)CC1. The number of aliphatic hydroxyl groups is 1. The molecule has 6 nitrogen and oxygen atoms in total. The Labute approximate surface area is 131 Å². The lowest BCUT2D eigenvalue weighted by molar-refractivity contribution is 0.128. The molecule has 1 fully saturated rings. The number of piperazine rings is 1. The highest BCUT2D eigenvalue weighted by molar-refractivity contribution is 5.29. The van der Waals surface area contributed by atoms with Crippen LogP contribution in [0, 0.1) is 6.92 Å². The maximum absolute atomic E-state index is 11.9. The van der Waals surface area contributed by atoms with Crippen molar-refractivity contribution in [2.75, 3.05) is 39.3 Å². The summed E-state index contributed by atoms with van der Waals surface area (Å²) in [6.45, 7) is 10.3. The van der Waals surface area contributed by atoms with Gasteiger partial charge in [-0.15, -0.1) is 0 Å². The van der Waals surface area contributed by atoms with Gasteiger partial charge in [-0.1, -0.05) is 6.92 Å². The van der Waals surface area contributed by atoms with Crippen LogP contribution in [0.1, 0.15) is 24.7 Å². The number of aromatic hydroxyl groups is 1. The highest BCUT2D eigenvalue weighted by Gasteiger charge is 2.20. The highest BCUT2D eigenvalue weighted by Crippen LogP contribution is 2.18. The molecule has 6 heteroatoms. The molecule has 0 bridgehead atoms. The van der Waals surface area contributed by atoms with Gasteiger partial charge in [0.1, 0.15) is 0 Å². The standard InChI is InChI=1S/C16H27N3O3/c1-3-17-6-8-18(9-7-17)12-14-16(22)15(21)11-13(2)19(14)5-4-10-20/h11,20,22H,3-10,12H2,1-2H3. The lowest BCUT2D eigenvalue weighted by Gasteiger charge is -2.34. The van der Waals surface area contributed by atoms with Crippen LogP contribution in [-0.4, -0.2) is 63.9 Å². The van der Waals surface area contributed by atoms with Crippen molar-refractivity contribution in [3.63, 3.8) is 0 Å². The maximum atomic E-state index is 11.9. The minimum Gasteiger partial charge on any atom is -0.503 e. The van der Waals surface area contributed by atoms with Crippen molar-refractivity contribution < 1.29 is 10.2 Å². The largest absolute Gasteiger partial charge is 0.503 e. The van der Waals surface area contributed by atoms with Crippen LogP contribution in [0.3, 0.4) is 0 Å². The number of nitrogens with zero attached hydrogens (tertiary/aromatic N) is 3. The summed E-state index contributed by atoms with van der Waals surface area (Å²) in [6.07, 6.45) is 0.611. The summed E-state index contributed by atoms with van der Waals surface area (Å²) in [5, 5.41) is 19.3. The molecule has 1 aromatic rings. The summed E-state index contributed by atoms with van der Waals surface area (Å²) in [7, 11) is 0. The monoisotopic (exact) mass is 309 g/mol. The number of aliphatic hydroxyl groups excluding tert-OH is 1. The number of hydrogen-bond acceptors (Lipinski definition) is 5. The molecular formula is C16H27N3O3. The first-order valence-electron chi connectivity index (χ1n) is 8.04. The van der Waals surface area contributed by atoms with Gasteiger partial charge in [-0.25, -0.2) is 0 Å². The Bertz CT molecular complexity index is 548. The van der Waals surface area contributed by atoms with Crippen LogP contribution in [0.2, 0.25) is 0 Å². The van der Waals surface area contributed by atoms with Gasteiger partial charge in [0.2, 0.25) is 5.43 Å². The van der Waals surface area contributed by atoms with Gasteiger partial charge < -0.3 is 19.7 Å². The van der Waals surface area contributed by atoms with Crippen molar-refractivity contribution in [3.05, 3.63) is 27.7 Å². The van der Waals surface area contributed by atoms with E-state index in [2.05, 4.69) is 16.7 Å². The smallest absolute Gasteiger partial charge is 0.223 e. The number of aromatic nitrogens is 1. The van der Waals surface area contributed by atoms with Gasteiger partial charge in [0.15, 0.2) is 5.75 Å². The van der Waals surface area contributed by atoms with Crippen molar-refractivity contribution in [2.24, 2.45) is 0 Å². The first-order valence-corrected chi connectivity index (χ1v) is 8.04. The van der Waals surface area contributed by atoms with Crippen molar-refractivity contribution in [3.8, 4) is 5.75 Å². The van der Waals surface area contributed by atoms with Gasteiger partial charge in [0, 0.05) is 57.6 Å². The molecule has 2 rings (SSSR count). The fourth-order valence-corrected chi connectivity index (χ4v) is 2.99. The van der Waals surface area contributed by atoms with Crippen LogP contribution in [0.5, 0.6) is 5.75 Å². The Morgan fingerprint density at radius 3 is 2.41 bits per heavy atom. The number of rotatable bonds is 6. The molecule has 0 atom stereocenters. The van der Waals surface area contributed by atoms with Crippen LogP contribution in [0.4, 0.5) is 0 Å². The van der Waals surface area contributed by atoms with Gasteiger partial charge in [-0.05, 0) is 19.9 Å². The molecule has 0 radical (unpaired) electrons. The molecule has 1 aliphatic rings. The van der Waals surface area contributed by atoms with E-state index >= 15 is 0 Å². The zero-order valence-electron chi connectivity index (χ0n) is 13.6. The van der Waals surface area contributed by atoms with Crippen LogP contribution >= 0.6 is 0 Å². The fraction of sp³-hybridized carbons (Fsp3) is 0.688. The summed E-state index contributed by atoms with van der Waals surface area (Å²) < 4.78 is 1.96. The number of likely N-dealkylation sites (N-methyl/N-ethyl adjacent to an activating group) is 1. The normalized spacial score (nSPS) is 17.0. The average molecular weight is 309 g/mol. The van der Waals surface area contributed by atoms with Crippen LogP contribution in [0.25, 0.3) is 0 Å². The quantitative estimate of drug-likeness (QED) is 0.795. The van der Waals surface area contributed by atoms with E-state index in [9.17, 15) is 9.90 Å². The lowest BCUT2D eigenvalue weighted by Crippen LogP contribution is -2.46. The summed E-state index contributed by atoms with van der Waals surface area (Å²) in [5.74, 6) is -0.151. The molecule has 0 saturated carbocycles. The number of aryl methyl sites for hydroxylation is 1. The number of pyridine rings is 1. The van der Waals surface area contributed by atoms with Crippen molar-refractivity contribution in [1.29, 1.82) is 0 Å². The minimum absolute atomic E-state index is 0.0982. The van der Waals surface area contributed by atoms with Gasteiger partial charge >= 0.3 is 0 Å².